The molecule has 0 aliphatic carbocycles. The van der Waals surface area contributed by atoms with Gasteiger partial charge in [0.25, 0.3) is 0 Å². The van der Waals surface area contributed by atoms with Gasteiger partial charge in [-0.2, -0.15) is 0 Å². The molecule has 0 aromatic heterocycles. The van der Waals surface area contributed by atoms with Gasteiger partial charge in [-0.05, 0) is 57.3 Å². The predicted molar refractivity (Wildman–Crippen MR) is 135 cm³/mol. The summed E-state index contributed by atoms with van der Waals surface area (Å²) in [6.07, 6.45) is 0. The number of nitrogens with one attached hydrogen (secondary N) is 1. The minimum atomic E-state index is 0.402. The Labute approximate surface area is 186 Å². The molecule has 4 rings (SSSR count). The highest BCUT2D eigenvalue weighted by molar-refractivity contribution is 5.81. The van der Waals surface area contributed by atoms with Crippen LogP contribution in [0.15, 0.2) is 97.1 Å². The molecule has 1 N–H and O–H groups in total. The zero-order valence-corrected chi connectivity index (χ0v) is 18.9. The van der Waals surface area contributed by atoms with Crippen molar-refractivity contribution in [2.45, 2.75) is 39.5 Å². The second-order valence-corrected chi connectivity index (χ2v) is 8.70. The van der Waals surface area contributed by atoms with Crippen LogP contribution < -0.4 is 5.32 Å². The first-order valence-electron chi connectivity index (χ1n) is 11.2. The highest BCUT2D eigenvalue weighted by Gasteiger charge is 2.17. The molecule has 156 valence electrons. The maximum atomic E-state index is 3.82. The summed E-state index contributed by atoms with van der Waals surface area (Å²) < 4.78 is 0. The van der Waals surface area contributed by atoms with Crippen molar-refractivity contribution in [1.29, 1.82) is 0 Å². The Morgan fingerprint density at radius 3 is 1.19 bits per heavy atom. The molecule has 1 nitrogen and oxygen atoms in total. The first kappa shape index (κ1) is 20.9. The zero-order chi connectivity index (χ0) is 21.8. The van der Waals surface area contributed by atoms with Crippen LogP contribution in [0.3, 0.4) is 0 Å². The minimum Gasteiger partial charge on any atom is -0.355 e. The maximum absolute atomic E-state index is 3.82. The van der Waals surface area contributed by atoms with Gasteiger partial charge < -0.3 is 5.32 Å². The molecule has 0 bridgehead atoms. The molecule has 4 aromatic rings. The molecule has 0 aliphatic heterocycles. The van der Waals surface area contributed by atoms with E-state index in [4.69, 9.17) is 0 Å². The molecule has 0 atom stereocenters. The SMILES string of the molecule is CC(C)c1c(Nc2cccc(-c3ccccc3)c2C(C)C)cccc1-c1ccccc1. The zero-order valence-electron chi connectivity index (χ0n) is 18.9. The Morgan fingerprint density at radius 2 is 0.839 bits per heavy atom. The van der Waals surface area contributed by atoms with Gasteiger partial charge in [0.1, 0.15) is 0 Å². The lowest BCUT2D eigenvalue weighted by Crippen LogP contribution is -2.04. The summed E-state index contributed by atoms with van der Waals surface area (Å²) in [6.45, 7) is 9.10. The van der Waals surface area contributed by atoms with E-state index in [1.54, 1.807) is 0 Å². The summed E-state index contributed by atoms with van der Waals surface area (Å²) in [5, 5.41) is 3.82. The van der Waals surface area contributed by atoms with E-state index in [2.05, 4.69) is 130 Å². The van der Waals surface area contributed by atoms with Crippen molar-refractivity contribution in [2.75, 3.05) is 5.32 Å². The Balaban J connectivity index is 1.84. The van der Waals surface area contributed by atoms with Gasteiger partial charge in [0.05, 0.1) is 0 Å². The van der Waals surface area contributed by atoms with Crippen LogP contribution in [0.1, 0.15) is 50.7 Å². The number of anilines is 2. The van der Waals surface area contributed by atoms with Crippen molar-refractivity contribution >= 4 is 11.4 Å². The van der Waals surface area contributed by atoms with Crippen LogP contribution in [0.4, 0.5) is 11.4 Å². The highest BCUT2D eigenvalue weighted by Crippen LogP contribution is 2.40. The Kier molecular flexibility index (Phi) is 6.23. The van der Waals surface area contributed by atoms with Crippen LogP contribution >= 0.6 is 0 Å². The molecule has 0 fully saturated rings. The van der Waals surface area contributed by atoms with Gasteiger partial charge in [-0.25, -0.2) is 0 Å². The fourth-order valence-corrected chi connectivity index (χ4v) is 4.48. The molecule has 0 saturated heterocycles. The topological polar surface area (TPSA) is 12.0 Å². The third-order valence-corrected chi connectivity index (χ3v) is 5.81. The van der Waals surface area contributed by atoms with Crippen molar-refractivity contribution in [1.82, 2.24) is 0 Å². The maximum Gasteiger partial charge on any atom is 0.0425 e. The quantitative estimate of drug-likeness (QED) is 0.337. The highest BCUT2D eigenvalue weighted by atomic mass is 14.9. The number of benzene rings is 4. The fraction of sp³-hybridized carbons (Fsp3) is 0.200. The van der Waals surface area contributed by atoms with E-state index in [1.165, 1.54) is 44.8 Å². The Hall–Kier alpha value is -3.32. The normalized spacial score (nSPS) is 11.2. The predicted octanol–water partition coefficient (Wildman–Crippen LogP) is 9.01. The van der Waals surface area contributed by atoms with E-state index in [-0.39, 0.29) is 0 Å². The van der Waals surface area contributed by atoms with Gasteiger partial charge >= 0.3 is 0 Å². The summed E-state index contributed by atoms with van der Waals surface area (Å²) >= 11 is 0. The van der Waals surface area contributed by atoms with Crippen molar-refractivity contribution in [3.8, 4) is 22.3 Å². The van der Waals surface area contributed by atoms with E-state index in [0.717, 1.165) is 0 Å². The van der Waals surface area contributed by atoms with Gasteiger partial charge in [-0.15, -0.1) is 0 Å². The van der Waals surface area contributed by atoms with E-state index in [1.807, 2.05) is 0 Å². The number of hydrogen-bond donors (Lipinski definition) is 1. The Morgan fingerprint density at radius 1 is 0.452 bits per heavy atom. The molecular formula is C30H31N. The summed E-state index contributed by atoms with van der Waals surface area (Å²) in [6, 6.07) is 34.6. The van der Waals surface area contributed by atoms with Gasteiger partial charge in [0.15, 0.2) is 0 Å². The molecule has 0 aliphatic rings. The molecular weight excluding hydrogens is 374 g/mol. The van der Waals surface area contributed by atoms with Crippen LogP contribution in [0.2, 0.25) is 0 Å². The molecule has 0 saturated carbocycles. The summed E-state index contributed by atoms with van der Waals surface area (Å²) in [5.41, 5.74) is 10.2. The summed E-state index contributed by atoms with van der Waals surface area (Å²) in [7, 11) is 0. The molecule has 1 heteroatoms. The van der Waals surface area contributed by atoms with Crippen molar-refractivity contribution in [2.24, 2.45) is 0 Å². The minimum absolute atomic E-state index is 0.402. The molecule has 0 radical (unpaired) electrons. The number of rotatable bonds is 6. The lowest BCUT2D eigenvalue weighted by Gasteiger charge is -2.23. The molecule has 0 heterocycles. The van der Waals surface area contributed by atoms with Crippen LogP contribution in [0.5, 0.6) is 0 Å². The monoisotopic (exact) mass is 405 g/mol. The van der Waals surface area contributed by atoms with Crippen LogP contribution in [0, 0.1) is 0 Å². The van der Waals surface area contributed by atoms with Gasteiger partial charge in [0, 0.05) is 11.4 Å². The van der Waals surface area contributed by atoms with E-state index in [9.17, 15) is 0 Å². The lowest BCUT2D eigenvalue weighted by atomic mass is 9.89. The molecule has 4 aromatic carbocycles. The largest absolute Gasteiger partial charge is 0.355 e. The smallest absolute Gasteiger partial charge is 0.0425 e. The van der Waals surface area contributed by atoms with Gasteiger partial charge in [-0.3, -0.25) is 0 Å². The van der Waals surface area contributed by atoms with Crippen LogP contribution in [0.25, 0.3) is 22.3 Å². The van der Waals surface area contributed by atoms with Crippen molar-refractivity contribution < 1.29 is 0 Å². The fourth-order valence-electron chi connectivity index (χ4n) is 4.48. The molecule has 31 heavy (non-hydrogen) atoms. The first-order chi connectivity index (χ1) is 15.1. The summed E-state index contributed by atoms with van der Waals surface area (Å²) in [4.78, 5) is 0. The molecule has 0 unspecified atom stereocenters. The Bertz CT molecular complexity index is 1050. The summed E-state index contributed by atoms with van der Waals surface area (Å²) in [5.74, 6) is 0.803. The van der Waals surface area contributed by atoms with E-state index < -0.39 is 0 Å². The average molecular weight is 406 g/mol. The third kappa shape index (κ3) is 4.41. The van der Waals surface area contributed by atoms with E-state index in [0.29, 0.717) is 11.8 Å². The van der Waals surface area contributed by atoms with Gasteiger partial charge in [0.2, 0.25) is 0 Å². The standard InChI is InChI=1S/C30H31N/c1-21(2)29-25(23-13-7-5-8-14-23)17-11-19-27(29)31-28-20-12-18-26(30(28)22(3)4)24-15-9-6-10-16-24/h5-22,31H,1-4H3. The van der Waals surface area contributed by atoms with Crippen molar-refractivity contribution in [3.05, 3.63) is 108 Å². The average Bonchev–Trinajstić information content (AvgIpc) is 2.79. The van der Waals surface area contributed by atoms with Crippen LogP contribution in [-0.2, 0) is 0 Å². The second-order valence-electron chi connectivity index (χ2n) is 8.70. The lowest BCUT2D eigenvalue weighted by molar-refractivity contribution is 0.865. The van der Waals surface area contributed by atoms with Crippen LogP contribution in [-0.4, -0.2) is 0 Å². The van der Waals surface area contributed by atoms with E-state index >= 15 is 0 Å². The number of hydrogen-bond acceptors (Lipinski definition) is 1. The second kappa shape index (κ2) is 9.22. The first-order valence-corrected chi connectivity index (χ1v) is 11.2. The third-order valence-electron chi connectivity index (χ3n) is 5.81. The van der Waals surface area contributed by atoms with Crippen molar-refractivity contribution in [3.63, 3.8) is 0 Å². The van der Waals surface area contributed by atoms with Gasteiger partial charge in [-0.1, -0.05) is 113 Å². The molecule has 0 amide bonds. The molecule has 0 spiro atoms.